The summed E-state index contributed by atoms with van der Waals surface area (Å²) in [5.41, 5.74) is 2.87. The highest BCUT2D eigenvalue weighted by atomic mass is 32.2. The molecular weight excluding hydrogens is 398 g/mol. The first-order valence-electron chi connectivity index (χ1n) is 9.59. The van der Waals surface area contributed by atoms with Gasteiger partial charge in [0.1, 0.15) is 0 Å². The molecule has 0 aliphatic heterocycles. The first-order valence-corrected chi connectivity index (χ1v) is 11.1. The average Bonchev–Trinajstić information content (AvgIpc) is 2.74. The van der Waals surface area contributed by atoms with Gasteiger partial charge in [0, 0.05) is 12.2 Å². The summed E-state index contributed by atoms with van der Waals surface area (Å²) in [7, 11) is -3.74. The molecule has 0 aromatic heterocycles. The van der Waals surface area contributed by atoms with Crippen LogP contribution in [0.4, 0.5) is 5.69 Å². The zero-order valence-electron chi connectivity index (χ0n) is 16.7. The Balaban J connectivity index is 1.69. The van der Waals surface area contributed by atoms with Crippen LogP contribution >= 0.6 is 0 Å². The summed E-state index contributed by atoms with van der Waals surface area (Å²) in [6.07, 6.45) is 0. The number of benzene rings is 3. The van der Waals surface area contributed by atoms with Gasteiger partial charge in [-0.1, -0.05) is 60.7 Å². The first-order chi connectivity index (χ1) is 14.3. The molecule has 0 fully saturated rings. The maximum atomic E-state index is 12.8. The smallest absolute Gasteiger partial charge is 0.240 e. The number of nitrogens with two attached hydrogens (primary N) is 1. The second kappa shape index (κ2) is 9.56. The number of hydrogen-bond donors (Lipinski definition) is 2. The molecule has 6 nitrogen and oxygen atoms in total. The van der Waals surface area contributed by atoms with Gasteiger partial charge in [-0.25, -0.2) is 13.6 Å². The maximum Gasteiger partial charge on any atom is 0.240 e. The van der Waals surface area contributed by atoms with Crippen LogP contribution in [0, 0.1) is 0 Å². The molecule has 1 amide bonds. The predicted molar refractivity (Wildman–Crippen MR) is 118 cm³/mol. The van der Waals surface area contributed by atoms with Crippen molar-refractivity contribution in [3.05, 3.63) is 96.1 Å². The Morgan fingerprint density at radius 2 is 1.50 bits per heavy atom. The monoisotopic (exact) mass is 423 g/mol. The maximum absolute atomic E-state index is 12.8. The fourth-order valence-corrected chi connectivity index (χ4v) is 3.69. The Morgan fingerprint density at radius 1 is 0.933 bits per heavy atom. The number of carbonyl (C=O) groups is 1. The number of hydrogen-bond acceptors (Lipinski definition) is 4. The lowest BCUT2D eigenvalue weighted by molar-refractivity contribution is -0.120. The molecule has 1 unspecified atom stereocenters. The Bertz CT molecular complexity index is 1070. The molecule has 0 heterocycles. The molecule has 0 aliphatic rings. The minimum absolute atomic E-state index is 0.0443. The van der Waals surface area contributed by atoms with Crippen LogP contribution in [0.15, 0.2) is 89.8 Å². The van der Waals surface area contributed by atoms with E-state index in [-0.39, 0.29) is 23.4 Å². The van der Waals surface area contributed by atoms with Crippen molar-refractivity contribution in [1.29, 1.82) is 0 Å². The van der Waals surface area contributed by atoms with Crippen LogP contribution in [-0.2, 0) is 21.4 Å². The van der Waals surface area contributed by atoms with Gasteiger partial charge in [-0.2, -0.15) is 0 Å². The van der Waals surface area contributed by atoms with E-state index in [0.29, 0.717) is 6.54 Å². The van der Waals surface area contributed by atoms with Crippen LogP contribution in [-0.4, -0.2) is 20.9 Å². The fraction of sp³-hybridized carbons (Fsp3) is 0.174. The highest BCUT2D eigenvalue weighted by Gasteiger charge is 2.16. The van der Waals surface area contributed by atoms with Gasteiger partial charge in [-0.15, -0.1) is 0 Å². The van der Waals surface area contributed by atoms with Gasteiger partial charge in [0.25, 0.3) is 0 Å². The number of para-hydroxylation sites is 1. The van der Waals surface area contributed by atoms with Crippen molar-refractivity contribution < 1.29 is 13.2 Å². The molecular formula is C23H25N3O3S. The number of amides is 1. The van der Waals surface area contributed by atoms with E-state index in [1.54, 1.807) is 12.1 Å². The molecule has 0 bridgehead atoms. The summed E-state index contributed by atoms with van der Waals surface area (Å²) in [5.74, 6) is -0.127. The summed E-state index contributed by atoms with van der Waals surface area (Å²) in [5, 5.41) is 8.11. The van der Waals surface area contributed by atoms with Gasteiger partial charge >= 0.3 is 0 Å². The zero-order valence-corrected chi connectivity index (χ0v) is 17.5. The van der Waals surface area contributed by atoms with E-state index in [9.17, 15) is 13.2 Å². The van der Waals surface area contributed by atoms with Crippen molar-refractivity contribution in [1.82, 2.24) is 5.32 Å². The minimum Gasteiger partial charge on any atom is -0.358 e. The van der Waals surface area contributed by atoms with E-state index in [0.717, 1.165) is 16.8 Å². The Hall–Kier alpha value is -3.16. The minimum atomic E-state index is -3.74. The van der Waals surface area contributed by atoms with E-state index in [1.165, 1.54) is 12.1 Å². The highest BCUT2D eigenvalue weighted by molar-refractivity contribution is 7.89. The Kier molecular flexibility index (Phi) is 6.87. The zero-order chi connectivity index (χ0) is 21.6. The van der Waals surface area contributed by atoms with E-state index in [1.807, 2.05) is 72.5 Å². The average molecular weight is 424 g/mol. The van der Waals surface area contributed by atoms with Gasteiger partial charge in [-0.05, 0) is 42.3 Å². The molecule has 30 heavy (non-hydrogen) atoms. The quantitative estimate of drug-likeness (QED) is 0.582. The Labute approximate surface area is 177 Å². The van der Waals surface area contributed by atoms with Crippen LogP contribution in [0.3, 0.4) is 0 Å². The first kappa shape index (κ1) is 21.5. The molecule has 0 radical (unpaired) electrons. The SMILES string of the molecule is CC(NC(=O)CN(Cc1ccccc1)c1ccccc1)c1ccc(S(N)(=O)=O)cc1. The molecule has 0 saturated carbocycles. The standard InChI is InChI=1S/C23H25N3O3S/c1-18(20-12-14-22(15-13-20)30(24,28)29)25-23(27)17-26(21-10-6-3-7-11-21)16-19-8-4-2-5-9-19/h2-15,18H,16-17H2,1H3,(H,25,27)(H2,24,28,29). The number of nitrogens with zero attached hydrogens (tertiary/aromatic N) is 1. The van der Waals surface area contributed by atoms with E-state index < -0.39 is 10.0 Å². The van der Waals surface area contributed by atoms with Crippen LogP contribution in [0.25, 0.3) is 0 Å². The molecule has 3 aromatic rings. The summed E-state index contributed by atoms with van der Waals surface area (Å²) in [6, 6.07) is 25.7. The third-order valence-corrected chi connectivity index (χ3v) is 5.69. The van der Waals surface area contributed by atoms with E-state index in [2.05, 4.69) is 5.32 Å². The van der Waals surface area contributed by atoms with Crippen LogP contribution in [0.1, 0.15) is 24.1 Å². The largest absolute Gasteiger partial charge is 0.358 e. The molecule has 3 aromatic carbocycles. The second-order valence-electron chi connectivity index (χ2n) is 7.08. The number of primary sulfonamides is 1. The van der Waals surface area contributed by atoms with Gasteiger partial charge in [0.2, 0.25) is 15.9 Å². The summed E-state index contributed by atoms with van der Waals surface area (Å²) >= 11 is 0. The van der Waals surface area contributed by atoms with Crippen molar-refractivity contribution in [3.8, 4) is 0 Å². The summed E-state index contributed by atoms with van der Waals surface area (Å²) < 4.78 is 22.8. The molecule has 0 spiro atoms. The Morgan fingerprint density at radius 3 is 2.07 bits per heavy atom. The topological polar surface area (TPSA) is 92.5 Å². The number of carbonyl (C=O) groups excluding carboxylic acids is 1. The molecule has 0 aliphatic carbocycles. The highest BCUT2D eigenvalue weighted by Crippen LogP contribution is 2.18. The van der Waals surface area contributed by atoms with Gasteiger partial charge < -0.3 is 10.2 Å². The van der Waals surface area contributed by atoms with Crippen LogP contribution in [0.5, 0.6) is 0 Å². The van der Waals surface area contributed by atoms with Gasteiger partial charge in [0.15, 0.2) is 0 Å². The number of nitrogens with one attached hydrogen (secondary N) is 1. The molecule has 1 atom stereocenters. The number of sulfonamides is 1. The summed E-state index contributed by atoms with van der Waals surface area (Å²) in [6.45, 7) is 2.65. The van der Waals surface area contributed by atoms with E-state index >= 15 is 0 Å². The van der Waals surface area contributed by atoms with Crippen LogP contribution in [0.2, 0.25) is 0 Å². The van der Waals surface area contributed by atoms with Crippen molar-refractivity contribution in [2.75, 3.05) is 11.4 Å². The summed E-state index contributed by atoms with van der Waals surface area (Å²) in [4.78, 5) is 14.8. The van der Waals surface area contributed by atoms with Crippen LogP contribution < -0.4 is 15.4 Å². The normalized spacial score (nSPS) is 12.2. The molecule has 3 N–H and O–H groups in total. The van der Waals surface area contributed by atoms with Crippen molar-refractivity contribution in [2.45, 2.75) is 24.4 Å². The number of rotatable bonds is 8. The van der Waals surface area contributed by atoms with Gasteiger partial charge in [-0.3, -0.25) is 4.79 Å². The van der Waals surface area contributed by atoms with E-state index in [4.69, 9.17) is 5.14 Å². The second-order valence-corrected chi connectivity index (χ2v) is 8.64. The molecule has 3 rings (SSSR count). The van der Waals surface area contributed by atoms with Gasteiger partial charge in [0.05, 0.1) is 17.5 Å². The lowest BCUT2D eigenvalue weighted by Crippen LogP contribution is -2.38. The van der Waals surface area contributed by atoms with Crippen molar-refractivity contribution >= 4 is 21.6 Å². The van der Waals surface area contributed by atoms with Crippen molar-refractivity contribution in [3.63, 3.8) is 0 Å². The van der Waals surface area contributed by atoms with Crippen molar-refractivity contribution in [2.24, 2.45) is 5.14 Å². The predicted octanol–water partition coefficient (Wildman–Crippen LogP) is 3.22. The molecule has 7 heteroatoms. The molecule has 0 saturated heterocycles. The lowest BCUT2D eigenvalue weighted by Gasteiger charge is -2.25. The third kappa shape index (κ3) is 5.92. The number of anilines is 1. The fourth-order valence-electron chi connectivity index (χ4n) is 3.17. The molecule has 156 valence electrons. The third-order valence-electron chi connectivity index (χ3n) is 4.76. The lowest BCUT2D eigenvalue weighted by atomic mass is 10.1.